The van der Waals surface area contributed by atoms with Crippen LogP contribution in [0.25, 0.3) is 0 Å². The number of hydrogen-bond acceptors (Lipinski definition) is 3. The van der Waals surface area contributed by atoms with Gasteiger partial charge in [0.05, 0.1) is 6.10 Å². The van der Waals surface area contributed by atoms with Crippen LogP contribution in [0.3, 0.4) is 0 Å². The van der Waals surface area contributed by atoms with Crippen LogP contribution in [0.15, 0.2) is 16.9 Å². The highest BCUT2D eigenvalue weighted by molar-refractivity contribution is 5.94. The minimum atomic E-state index is -0.249. The normalized spacial score (nSPS) is 22.9. The Bertz CT molecular complexity index is 532. The van der Waals surface area contributed by atoms with Gasteiger partial charge in [-0.15, -0.1) is 0 Å². The summed E-state index contributed by atoms with van der Waals surface area (Å²) in [5, 5.41) is 12.3. The molecular weight excluding hydrogens is 256 g/mol. The Kier molecular flexibility index (Phi) is 4.60. The van der Waals surface area contributed by atoms with Gasteiger partial charge < -0.3 is 15.4 Å². The van der Waals surface area contributed by atoms with Crippen LogP contribution in [-0.2, 0) is 6.42 Å². The molecule has 3 N–H and O–H groups in total. The van der Waals surface area contributed by atoms with E-state index in [1.165, 1.54) is 6.07 Å². The van der Waals surface area contributed by atoms with Crippen molar-refractivity contribution < 1.29 is 9.90 Å². The van der Waals surface area contributed by atoms with Gasteiger partial charge in [0, 0.05) is 23.4 Å². The summed E-state index contributed by atoms with van der Waals surface area (Å²) in [6, 6.07) is 3.12. The first-order valence-electron chi connectivity index (χ1n) is 7.25. The van der Waals surface area contributed by atoms with Gasteiger partial charge in [0.15, 0.2) is 0 Å². The number of amides is 1. The minimum Gasteiger partial charge on any atom is -0.393 e. The number of nitrogens with one attached hydrogen (secondary N) is 2. The minimum absolute atomic E-state index is 0.0651. The van der Waals surface area contributed by atoms with Crippen LogP contribution in [0, 0.1) is 5.92 Å². The number of aromatic amines is 1. The molecule has 1 aromatic rings. The molecule has 1 aliphatic rings. The van der Waals surface area contributed by atoms with Crippen LogP contribution in [-0.4, -0.2) is 28.1 Å². The van der Waals surface area contributed by atoms with Crippen LogP contribution in [0.2, 0.25) is 0 Å². The predicted octanol–water partition coefficient (Wildman–Crippen LogP) is 1.22. The molecule has 0 aromatic carbocycles. The Labute approximate surface area is 118 Å². The Morgan fingerprint density at radius 2 is 2.15 bits per heavy atom. The molecule has 1 atom stereocenters. The third-order valence-corrected chi connectivity index (χ3v) is 4.02. The number of H-pyrrole nitrogens is 1. The Balaban J connectivity index is 2.07. The number of hydrogen-bond donors (Lipinski definition) is 3. The van der Waals surface area contributed by atoms with E-state index in [4.69, 9.17) is 0 Å². The van der Waals surface area contributed by atoms with Gasteiger partial charge in [-0.2, -0.15) is 0 Å². The fourth-order valence-corrected chi connectivity index (χ4v) is 2.69. The SMILES string of the molecule is CCc1cc(C(=O)N[C@@H](CC)C2CC(O)C2)cc(=O)[nH]1. The molecule has 2 rings (SSSR count). The highest BCUT2D eigenvalue weighted by Gasteiger charge is 2.33. The maximum atomic E-state index is 12.2. The third kappa shape index (κ3) is 3.28. The zero-order valence-electron chi connectivity index (χ0n) is 12.0. The molecule has 110 valence electrons. The van der Waals surface area contributed by atoms with Crippen molar-refractivity contribution >= 4 is 5.91 Å². The van der Waals surface area contributed by atoms with Crippen LogP contribution >= 0.6 is 0 Å². The van der Waals surface area contributed by atoms with E-state index in [1.807, 2.05) is 13.8 Å². The Hall–Kier alpha value is -1.62. The van der Waals surface area contributed by atoms with Crippen LogP contribution in [0.4, 0.5) is 0 Å². The maximum Gasteiger partial charge on any atom is 0.251 e. The van der Waals surface area contributed by atoms with Crippen molar-refractivity contribution in [1.82, 2.24) is 10.3 Å². The number of pyridine rings is 1. The first-order valence-corrected chi connectivity index (χ1v) is 7.25. The van der Waals surface area contributed by atoms with Gasteiger partial charge >= 0.3 is 0 Å². The number of rotatable bonds is 5. The monoisotopic (exact) mass is 278 g/mol. The molecule has 1 fully saturated rings. The average molecular weight is 278 g/mol. The quantitative estimate of drug-likeness (QED) is 0.757. The highest BCUT2D eigenvalue weighted by atomic mass is 16.3. The number of aromatic nitrogens is 1. The van der Waals surface area contributed by atoms with Gasteiger partial charge in [0.25, 0.3) is 5.91 Å². The molecular formula is C15H22N2O3. The second-order valence-electron chi connectivity index (χ2n) is 5.49. The molecule has 0 bridgehead atoms. The highest BCUT2D eigenvalue weighted by Crippen LogP contribution is 2.31. The summed E-state index contributed by atoms with van der Waals surface area (Å²) in [4.78, 5) is 26.4. The summed E-state index contributed by atoms with van der Waals surface area (Å²) < 4.78 is 0. The van der Waals surface area contributed by atoms with Gasteiger partial charge in [-0.25, -0.2) is 0 Å². The Morgan fingerprint density at radius 3 is 2.70 bits per heavy atom. The van der Waals surface area contributed by atoms with E-state index in [-0.39, 0.29) is 23.6 Å². The second kappa shape index (κ2) is 6.22. The van der Waals surface area contributed by atoms with Gasteiger partial charge in [-0.05, 0) is 37.7 Å². The van der Waals surface area contributed by atoms with Gasteiger partial charge in [0.2, 0.25) is 5.56 Å². The third-order valence-electron chi connectivity index (χ3n) is 4.02. The van der Waals surface area contributed by atoms with Crippen LogP contribution in [0.5, 0.6) is 0 Å². The molecule has 0 unspecified atom stereocenters. The van der Waals surface area contributed by atoms with Gasteiger partial charge in [-0.3, -0.25) is 9.59 Å². The smallest absolute Gasteiger partial charge is 0.251 e. The lowest BCUT2D eigenvalue weighted by Gasteiger charge is -2.37. The van der Waals surface area contributed by atoms with Crippen molar-refractivity contribution in [3.8, 4) is 0 Å². The van der Waals surface area contributed by atoms with Crippen LogP contribution in [0.1, 0.15) is 49.2 Å². The van der Waals surface area contributed by atoms with Crippen molar-refractivity contribution in [3.63, 3.8) is 0 Å². The van der Waals surface area contributed by atoms with Crippen molar-refractivity contribution in [2.45, 2.75) is 51.7 Å². The van der Waals surface area contributed by atoms with Crippen molar-refractivity contribution in [2.75, 3.05) is 0 Å². The molecule has 1 aliphatic carbocycles. The lowest BCUT2D eigenvalue weighted by Crippen LogP contribution is -2.46. The molecule has 5 nitrogen and oxygen atoms in total. The predicted molar refractivity (Wildman–Crippen MR) is 76.7 cm³/mol. The second-order valence-corrected chi connectivity index (χ2v) is 5.49. The molecule has 0 radical (unpaired) electrons. The van der Waals surface area contributed by atoms with E-state index >= 15 is 0 Å². The van der Waals surface area contributed by atoms with E-state index in [2.05, 4.69) is 10.3 Å². The summed E-state index contributed by atoms with van der Waals surface area (Å²) in [5.74, 6) is 0.130. The number of aliphatic hydroxyl groups is 1. The molecule has 1 aromatic heterocycles. The molecule has 1 amide bonds. The van der Waals surface area contributed by atoms with E-state index in [1.54, 1.807) is 6.07 Å². The van der Waals surface area contributed by atoms with Crippen molar-refractivity contribution in [1.29, 1.82) is 0 Å². The summed E-state index contributed by atoms with van der Waals surface area (Å²) in [5.41, 5.74) is 0.917. The van der Waals surface area contributed by atoms with Crippen LogP contribution < -0.4 is 10.9 Å². The summed E-state index contributed by atoms with van der Waals surface area (Å²) in [7, 11) is 0. The van der Waals surface area contributed by atoms with E-state index in [0.717, 1.165) is 25.0 Å². The standard InChI is InChI=1S/C15H22N2O3/c1-3-11-5-10(8-14(19)16-11)15(20)17-13(4-2)9-6-12(18)7-9/h5,8-9,12-13,18H,3-4,6-7H2,1-2H3,(H,16,19)(H,17,20)/t9?,12?,13-/m0/s1. The zero-order chi connectivity index (χ0) is 14.7. The first kappa shape index (κ1) is 14.8. The topological polar surface area (TPSA) is 82.2 Å². The molecule has 20 heavy (non-hydrogen) atoms. The van der Waals surface area contributed by atoms with E-state index in [0.29, 0.717) is 17.9 Å². The fraction of sp³-hybridized carbons (Fsp3) is 0.600. The first-order chi connectivity index (χ1) is 9.53. The molecule has 1 heterocycles. The molecule has 5 heteroatoms. The van der Waals surface area contributed by atoms with E-state index in [9.17, 15) is 14.7 Å². The van der Waals surface area contributed by atoms with Gasteiger partial charge in [-0.1, -0.05) is 13.8 Å². The van der Waals surface area contributed by atoms with Gasteiger partial charge in [0.1, 0.15) is 0 Å². The largest absolute Gasteiger partial charge is 0.393 e. The van der Waals surface area contributed by atoms with Crippen molar-refractivity contribution in [2.24, 2.45) is 5.92 Å². The summed E-state index contributed by atoms with van der Waals surface area (Å²) in [6.45, 7) is 3.95. The number of aryl methyl sites for hydroxylation is 1. The lowest BCUT2D eigenvalue weighted by molar-refractivity contribution is 0.0232. The Morgan fingerprint density at radius 1 is 1.45 bits per heavy atom. The molecule has 1 saturated carbocycles. The zero-order valence-corrected chi connectivity index (χ0v) is 12.0. The van der Waals surface area contributed by atoms with E-state index < -0.39 is 0 Å². The molecule has 0 saturated heterocycles. The lowest BCUT2D eigenvalue weighted by atomic mass is 9.76. The molecule has 0 spiro atoms. The maximum absolute atomic E-state index is 12.2. The fourth-order valence-electron chi connectivity index (χ4n) is 2.69. The number of aliphatic hydroxyl groups excluding tert-OH is 1. The average Bonchev–Trinajstić information content (AvgIpc) is 2.40. The van der Waals surface area contributed by atoms with Crippen molar-refractivity contribution in [3.05, 3.63) is 33.7 Å². The number of carbonyl (C=O) groups excluding carboxylic acids is 1. The molecule has 0 aliphatic heterocycles. The summed E-state index contributed by atoms with van der Waals surface area (Å²) >= 11 is 0. The number of carbonyl (C=O) groups is 1. The summed E-state index contributed by atoms with van der Waals surface area (Å²) in [6.07, 6.45) is 2.77.